The molecule has 0 aromatic carbocycles. The van der Waals surface area contributed by atoms with E-state index in [1.165, 1.54) is 5.75 Å². The maximum atomic E-state index is 10.0. The molecule has 1 rings (SSSR count). The van der Waals surface area contributed by atoms with Gasteiger partial charge in [0.1, 0.15) is 0 Å². The highest BCUT2D eigenvalue weighted by Gasteiger charge is 2.29. The molecular formula is C6H10O2S2. The topological polar surface area (TPSA) is 26.3 Å². The van der Waals surface area contributed by atoms with Gasteiger partial charge < -0.3 is 4.74 Å². The summed E-state index contributed by atoms with van der Waals surface area (Å²) in [5.74, 6) is 3.16. The third kappa shape index (κ3) is 2.09. The van der Waals surface area contributed by atoms with Gasteiger partial charge in [-0.25, -0.2) is 0 Å². The van der Waals surface area contributed by atoms with E-state index >= 15 is 0 Å². The van der Waals surface area contributed by atoms with Gasteiger partial charge in [0.05, 0.1) is 0 Å². The van der Waals surface area contributed by atoms with E-state index in [9.17, 15) is 4.79 Å². The molecule has 1 atom stereocenters. The van der Waals surface area contributed by atoms with Gasteiger partial charge in [0, 0.05) is 17.3 Å². The normalized spacial score (nSPS) is 33.3. The van der Waals surface area contributed by atoms with Crippen molar-refractivity contribution >= 4 is 30.0 Å². The number of rotatable bonds is 2. The molecule has 1 fully saturated rings. The Morgan fingerprint density at radius 2 is 2.40 bits per heavy atom. The molecule has 0 spiro atoms. The first-order valence-electron chi connectivity index (χ1n) is 3.10. The van der Waals surface area contributed by atoms with E-state index in [1.54, 1.807) is 11.8 Å². The Balaban J connectivity index is 2.39. The Morgan fingerprint density at radius 3 is 2.90 bits per heavy atom. The van der Waals surface area contributed by atoms with Crippen molar-refractivity contribution < 1.29 is 9.53 Å². The molecule has 0 bridgehead atoms. The summed E-state index contributed by atoms with van der Waals surface area (Å²) in [4.78, 5) is 9.77. The van der Waals surface area contributed by atoms with E-state index in [4.69, 9.17) is 4.74 Å². The summed E-state index contributed by atoms with van der Waals surface area (Å²) >= 11 is 3.55. The Hall–Kier alpha value is 0.170. The minimum Gasteiger partial charge on any atom is -0.450 e. The van der Waals surface area contributed by atoms with Crippen molar-refractivity contribution in [3.63, 3.8) is 0 Å². The predicted molar refractivity (Wildman–Crippen MR) is 45.3 cm³/mol. The summed E-state index contributed by atoms with van der Waals surface area (Å²) in [7, 11) is 0. The lowest BCUT2D eigenvalue weighted by molar-refractivity contribution is -0.133. The van der Waals surface area contributed by atoms with Crippen molar-refractivity contribution in [3.05, 3.63) is 0 Å². The van der Waals surface area contributed by atoms with Crippen molar-refractivity contribution in [2.75, 3.05) is 17.3 Å². The van der Waals surface area contributed by atoms with Gasteiger partial charge in [-0.15, -0.1) is 11.8 Å². The zero-order chi connectivity index (χ0) is 7.45. The number of thioether (sulfide) groups is 2. The first-order valence-corrected chi connectivity index (χ1v) is 5.24. The van der Waals surface area contributed by atoms with Gasteiger partial charge in [-0.3, -0.25) is 4.79 Å². The zero-order valence-electron chi connectivity index (χ0n) is 5.83. The lowest BCUT2D eigenvalue weighted by atomic mass is 10.5. The second-order valence-electron chi connectivity index (χ2n) is 2.25. The maximum Gasteiger partial charge on any atom is 0.294 e. The summed E-state index contributed by atoms with van der Waals surface area (Å²) in [5, 5.41) is 0. The van der Waals surface area contributed by atoms with Crippen LogP contribution < -0.4 is 0 Å². The molecule has 1 heterocycles. The van der Waals surface area contributed by atoms with Gasteiger partial charge in [-0.05, 0) is 6.92 Å². The molecule has 0 radical (unpaired) electrons. The van der Waals surface area contributed by atoms with Crippen molar-refractivity contribution in [1.82, 2.24) is 0 Å². The third-order valence-corrected chi connectivity index (χ3v) is 4.25. The van der Waals surface area contributed by atoms with Gasteiger partial charge in [-0.1, -0.05) is 0 Å². The molecule has 4 heteroatoms. The largest absolute Gasteiger partial charge is 0.450 e. The Kier molecular flexibility index (Phi) is 2.92. The standard InChI is InChI=1S/C6H10O2S2/c1-6(8-5-7)4-9-2-3-10-6/h5H,2-4H2,1H3. The van der Waals surface area contributed by atoms with Crippen LogP contribution in [0.3, 0.4) is 0 Å². The SMILES string of the molecule is CC1(OC=O)CSCCS1. The van der Waals surface area contributed by atoms with Crippen LogP contribution in [0.1, 0.15) is 6.92 Å². The van der Waals surface area contributed by atoms with Gasteiger partial charge in [0.15, 0.2) is 4.93 Å². The minimum absolute atomic E-state index is 0.259. The van der Waals surface area contributed by atoms with Crippen LogP contribution in [-0.4, -0.2) is 28.7 Å². The van der Waals surface area contributed by atoms with Crippen molar-refractivity contribution in [2.45, 2.75) is 11.9 Å². The molecule has 0 aromatic heterocycles. The fourth-order valence-electron chi connectivity index (χ4n) is 0.786. The van der Waals surface area contributed by atoms with Crippen LogP contribution in [0.25, 0.3) is 0 Å². The summed E-state index contributed by atoms with van der Waals surface area (Å²) in [5.41, 5.74) is 0. The highest BCUT2D eigenvalue weighted by Crippen LogP contribution is 2.34. The Morgan fingerprint density at radius 1 is 1.60 bits per heavy atom. The van der Waals surface area contributed by atoms with E-state index in [0.717, 1.165) is 11.5 Å². The number of carbonyl (C=O) groups excluding carboxylic acids is 1. The van der Waals surface area contributed by atoms with Crippen molar-refractivity contribution in [3.8, 4) is 0 Å². The lowest BCUT2D eigenvalue weighted by Gasteiger charge is -2.29. The molecular weight excluding hydrogens is 168 g/mol. The Labute approximate surface area is 69.1 Å². The molecule has 1 aliphatic heterocycles. The quantitative estimate of drug-likeness (QED) is 0.596. The minimum atomic E-state index is -0.259. The second kappa shape index (κ2) is 3.53. The highest BCUT2D eigenvalue weighted by molar-refractivity contribution is 8.07. The van der Waals surface area contributed by atoms with Crippen LogP contribution in [0, 0.1) is 0 Å². The van der Waals surface area contributed by atoms with Crippen molar-refractivity contribution in [2.24, 2.45) is 0 Å². The average Bonchev–Trinajstić information content (AvgIpc) is 1.89. The third-order valence-electron chi connectivity index (χ3n) is 1.30. The van der Waals surface area contributed by atoms with Crippen molar-refractivity contribution in [1.29, 1.82) is 0 Å². The van der Waals surface area contributed by atoms with E-state index in [-0.39, 0.29) is 4.93 Å². The van der Waals surface area contributed by atoms with Gasteiger partial charge in [0.25, 0.3) is 6.47 Å². The van der Waals surface area contributed by atoms with E-state index in [2.05, 4.69) is 0 Å². The smallest absolute Gasteiger partial charge is 0.294 e. The molecule has 1 saturated heterocycles. The molecule has 1 aliphatic rings. The fourth-order valence-corrected chi connectivity index (χ4v) is 3.30. The second-order valence-corrected chi connectivity index (χ2v) is 4.91. The molecule has 0 saturated carbocycles. The monoisotopic (exact) mass is 178 g/mol. The van der Waals surface area contributed by atoms with Crippen LogP contribution >= 0.6 is 23.5 Å². The number of hydrogen-bond donors (Lipinski definition) is 0. The molecule has 0 N–H and O–H groups in total. The van der Waals surface area contributed by atoms with Crippen LogP contribution in [0.4, 0.5) is 0 Å². The fraction of sp³-hybridized carbons (Fsp3) is 0.833. The van der Waals surface area contributed by atoms with Gasteiger partial charge in [0.2, 0.25) is 0 Å². The van der Waals surface area contributed by atoms with Gasteiger partial charge in [-0.2, -0.15) is 11.8 Å². The summed E-state index contributed by atoms with van der Waals surface area (Å²) in [6.45, 7) is 2.50. The van der Waals surface area contributed by atoms with E-state index in [0.29, 0.717) is 6.47 Å². The average molecular weight is 178 g/mol. The summed E-state index contributed by atoms with van der Waals surface area (Å²) < 4.78 is 4.93. The zero-order valence-corrected chi connectivity index (χ0v) is 7.46. The number of ether oxygens (including phenoxy) is 1. The first kappa shape index (κ1) is 8.27. The molecule has 0 amide bonds. The van der Waals surface area contributed by atoms with Gasteiger partial charge >= 0.3 is 0 Å². The molecule has 58 valence electrons. The van der Waals surface area contributed by atoms with E-state index < -0.39 is 0 Å². The number of hydrogen-bond acceptors (Lipinski definition) is 4. The Bertz CT molecular complexity index is 121. The highest BCUT2D eigenvalue weighted by atomic mass is 32.2. The number of carbonyl (C=O) groups is 1. The molecule has 0 aromatic rings. The van der Waals surface area contributed by atoms with E-state index in [1.807, 2.05) is 18.7 Å². The summed E-state index contributed by atoms with van der Waals surface area (Å²) in [6, 6.07) is 0. The molecule has 2 nitrogen and oxygen atoms in total. The summed E-state index contributed by atoms with van der Waals surface area (Å²) in [6.07, 6.45) is 0. The van der Waals surface area contributed by atoms with Crippen LogP contribution in [0.2, 0.25) is 0 Å². The molecule has 0 aliphatic carbocycles. The molecule has 10 heavy (non-hydrogen) atoms. The lowest BCUT2D eigenvalue weighted by Crippen LogP contribution is -2.31. The molecule has 1 unspecified atom stereocenters. The first-order chi connectivity index (χ1) is 4.77. The van der Waals surface area contributed by atoms with Crippen LogP contribution in [-0.2, 0) is 9.53 Å². The van der Waals surface area contributed by atoms with Crippen LogP contribution in [0.5, 0.6) is 0 Å². The predicted octanol–water partition coefficient (Wildman–Crippen LogP) is 1.36. The van der Waals surface area contributed by atoms with Crippen LogP contribution in [0.15, 0.2) is 0 Å². The maximum absolute atomic E-state index is 10.0.